The van der Waals surface area contributed by atoms with E-state index >= 15 is 0 Å². The van der Waals surface area contributed by atoms with Crippen molar-refractivity contribution in [3.05, 3.63) is 48.0 Å². The molecule has 2 bridgehead atoms. The Labute approximate surface area is 161 Å². The summed E-state index contributed by atoms with van der Waals surface area (Å²) in [6.45, 7) is 0.787. The summed E-state index contributed by atoms with van der Waals surface area (Å²) in [5.41, 5.74) is 0.837. The van der Waals surface area contributed by atoms with Gasteiger partial charge in [0.15, 0.2) is 0 Å². The molecule has 4 nitrogen and oxygen atoms in total. The molecule has 27 heavy (non-hydrogen) atoms. The molecule has 4 heteroatoms. The largest absolute Gasteiger partial charge is 0.469 e. The average molecular weight is 368 g/mol. The first kappa shape index (κ1) is 19.7. The zero-order valence-corrected chi connectivity index (χ0v) is 15.9. The number of allylic oxidation sites excluding steroid dienone is 2. The van der Waals surface area contributed by atoms with Gasteiger partial charge in [0, 0.05) is 24.5 Å². The summed E-state index contributed by atoms with van der Waals surface area (Å²) < 4.78 is 10.6. The van der Waals surface area contributed by atoms with Crippen molar-refractivity contribution in [2.24, 2.45) is 17.3 Å². The number of carbonyl (C=O) groups excluding carboxylic acids is 1. The normalized spacial score (nSPS) is 28.9. The van der Waals surface area contributed by atoms with Crippen LogP contribution in [0, 0.1) is 29.1 Å². The number of hydrogen-bond acceptors (Lipinski definition) is 4. The quantitative estimate of drug-likeness (QED) is 0.347. The van der Waals surface area contributed by atoms with Crippen molar-refractivity contribution in [3.63, 3.8) is 0 Å². The number of unbranched alkanes of at least 4 members (excludes halogenated alkanes) is 1. The van der Waals surface area contributed by atoms with Crippen LogP contribution in [-0.2, 0) is 14.3 Å². The van der Waals surface area contributed by atoms with Crippen molar-refractivity contribution < 1.29 is 19.4 Å². The van der Waals surface area contributed by atoms with E-state index in [0.717, 1.165) is 31.2 Å². The van der Waals surface area contributed by atoms with E-state index in [1.807, 2.05) is 30.3 Å². The summed E-state index contributed by atoms with van der Waals surface area (Å²) in [6, 6.07) is 10.0. The summed E-state index contributed by atoms with van der Waals surface area (Å²) in [5, 5.41) is 9.88. The third-order valence-electron chi connectivity index (χ3n) is 5.80. The number of rotatable bonds is 7. The molecule has 1 saturated carbocycles. The monoisotopic (exact) mass is 368 g/mol. The molecule has 1 aliphatic carbocycles. The van der Waals surface area contributed by atoms with Crippen LogP contribution in [-0.4, -0.2) is 37.5 Å². The second kappa shape index (κ2) is 9.21. The minimum atomic E-state index is -0.176. The Balaban J connectivity index is 1.64. The Hall–Kier alpha value is -2.09. The van der Waals surface area contributed by atoms with Crippen LogP contribution in [0.15, 0.2) is 42.5 Å². The number of hydrogen-bond donors (Lipinski definition) is 1. The van der Waals surface area contributed by atoms with Crippen molar-refractivity contribution >= 4 is 5.97 Å². The lowest BCUT2D eigenvalue weighted by Crippen LogP contribution is -2.37. The molecule has 1 aromatic rings. The van der Waals surface area contributed by atoms with E-state index in [1.165, 1.54) is 7.11 Å². The van der Waals surface area contributed by atoms with Crippen molar-refractivity contribution in [1.29, 1.82) is 0 Å². The maximum absolute atomic E-state index is 11.2. The summed E-state index contributed by atoms with van der Waals surface area (Å²) in [6.07, 6.45) is 8.30. The van der Waals surface area contributed by atoms with E-state index in [4.69, 9.17) is 4.74 Å². The van der Waals surface area contributed by atoms with Crippen LogP contribution in [0.4, 0.5) is 0 Å². The van der Waals surface area contributed by atoms with Crippen LogP contribution in [0.25, 0.3) is 0 Å². The highest BCUT2D eigenvalue weighted by molar-refractivity contribution is 5.69. The molecule has 1 aromatic carbocycles. The van der Waals surface area contributed by atoms with Gasteiger partial charge in [-0.1, -0.05) is 42.2 Å². The van der Waals surface area contributed by atoms with E-state index in [-0.39, 0.29) is 30.0 Å². The fraction of sp³-hybridized carbons (Fsp3) is 0.522. The van der Waals surface area contributed by atoms with Crippen LogP contribution in [0.2, 0.25) is 0 Å². The number of carbonyl (C=O) groups is 1. The maximum atomic E-state index is 11.2. The van der Waals surface area contributed by atoms with Gasteiger partial charge >= 0.3 is 5.97 Å². The molecule has 1 heterocycles. The molecule has 2 fully saturated rings. The van der Waals surface area contributed by atoms with Crippen LogP contribution in [0.5, 0.6) is 0 Å². The van der Waals surface area contributed by atoms with E-state index in [1.54, 1.807) is 0 Å². The van der Waals surface area contributed by atoms with Gasteiger partial charge < -0.3 is 14.6 Å². The fourth-order valence-corrected chi connectivity index (χ4v) is 4.31. The standard InChI is InChI=1S/C23H28O4/c1-26-22(25)12-8-3-2-7-11-20-19(16-24)21-15-23(20,17-27-21)14-13-18-9-5-4-6-10-18/h2,4-7,9-10,19-21,24H,3,8,11-12,15-17H2,1H3/t19-,20-,21-,23-/m0/s1. The third kappa shape index (κ3) is 4.61. The first-order valence-corrected chi connectivity index (χ1v) is 9.71. The number of aliphatic hydroxyl groups excluding tert-OH is 1. The Bertz CT molecular complexity index is 715. The van der Waals surface area contributed by atoms with E-state index in [2.05, 4.69) is 28.7 Å². The Kier molecular flexibility index (Phi) is 6.71. The minimum absolute atomic E-state index is 0.109. The smallest absolute Gasteiger partial charge is 0.305 e. The van der Waals surface area contributed by atoms with Gasteiger partial charge in [-0.15, -0.1) is 0 Å². The highest BCUT2D eigenvalue weighted by Crippen LogP contribution is 2.54. The topological polar surface area (TPSA) is 55.8 Å². The maximum Gasteiger partial charge on any atom is 0.305 e. The molecular weight excluding hydrogens is 340 g/mol. The van der Waals surface area contributed by atoms with E-state index in [9.17, 15) is 9.90 Å². The molecule has 144 valence electrons. The molecule has 4 atom stereocenters. The minimum Gasteiger partial charge on any atom is -0.469 e. The molecule has 0 spiro atoms. The predicted molar refractivity (Wildman–Crippen MR) is 104 cm³/mol. The van der Waals surface area contributed by atoms with Gasteiger partial charge in [0.25, 0.3) is 0 Å². The molecule has 2 aliphatic rings. The summed E-state index contributed by atoms with van der Waals surface area (Å²) in [4.78, 5) is 11.2. The van der Waals surface area contributed by atoms with Crippen LogP contribution >= 0.6 is 0 Å². The molecule has 0 radical (unpaired) electrons. The second-order valence-electron chi connectivity index (χ2n) is 7.45. The molecular formula is C23H28O4. The molecule has 0 aromatic heterocycles. The lowest BCUT2D eigenvalue weighted by Gasteiger charge is -2.34. The predicted octanol–water partition coefficient (Wildman–Crippen LogP) is 3.34. The summed E-state index contributed by atoms with van der Waals surface area (Å²) >= 11 is 0. The summed E-state index contributed by atoms with van der Waals surface area (Å²) in [5.74, 6) is 7.11. The van der Waals surface area contributed by atoms with Crippen LogP contribution in [0.1, 0.15) is 37.7 Å². The van der Waals surface area contributed by atoms with Gasteiger partial charge in [-0.3, -0.25) is 4.79 Å². The van der Waals surface area contributed by atoms with Crippen molar-refractivity contribution in [2.75, 3.05) is 20.3 Å². The number of ether oxygens (including phenoxy) is 2. The number of methoxy groups -OCH3 is 1. The third-order valence-corrected chi connectivity index (χ3v) is 5.80. The van der Waals surface area contributed by atoms with Crippen molar-refractivity contribution in [3.8, 4) is 11.8 Å². The molecule has 1 aliphatic heterocycles. The molecule has 0 amide bonds. The van der Waals surface area contributed by atoms with Crippen molar-refractivity contribution in [2.45, 2.75) is 38.2 Å². The van der Waals surface area contributed by atoms with Gasteiger partial charge in [-0.25, -0.2) is 0 Å². The van der Waals surface area contributed by atoms with E-state index < -0.39 is 0 Å². The second-order valence-corrected chi connectivity index (χ2v) is 7.45. The van der Waals surface area contributed by atoms with Gasteiger partial charge in [-0.05, 0) is 43.7 Å². The Morgan fingerprint density at radius 1 is 1.37 bits per heavy atom. The van der Waals surface area contributed by atoms with Gasteiger partial charge in [0.05, 0.1) is 25.2 Å². The number of fused-ring (bicyclic) bond motifs is 2. The highest BCUT2D eigenvalue weighted by atomic mass is 16.5. The lowest BCUT2D eigenvalue weighted by atomic mass is 9.74. The Morgan fingerprint density at radius 3 is 2.93 bits per heavy atom. The first-order chi connectivity index (χ1) is 13.2. The molecule has 1 N–H and O–H groups in total. The van der Waals surface area contributed by atoms with E-state index in [0.29, 0.717) is 18.9 Å². The van der Waals surface area contributed by atoms with Crippen LogP contribution < -0.4 is 0 Å². The zero-order valence-electron chi connectivity index (χ0n) is 15.9. The number of benzene rings is 1. The lowest BCUT2D eigenvalue weighted by molar-refractivity contribution is -0.140. The molecule has 1 saturated heterocycles. The zero-order chi connectivity index (χ0) is 19.1. The highest BCUT2D eigenvalue weighted by Gasteiger charge is 2.57. The molecule has 0 unspecified atom stereocenters. The summed E-state index contributed by atoms with van der Waals surface area (Å²) in [7, 11) is 1.42. The van der Waals surface area contributed by atoms with Crippen molar-refractivity contribution in [1.82, 2.24) is 0 Å². The molecule has 3 rings (SSSR count). The Morgan fingerprint density at radius 2 is 2.19 bits per heavy atom. The fourth-order valence-electron chi connectivity index (χ4n) is 4.31. The SMILES string of the molecule is COC(=O)CCCC=CC[C@H]1[C@H](CO)[C@@H]2C[C@@]1(C#Cc1ccccc1)CO2. The average Bonchev–Trinajstić information content (AvgIpc) is 3.26. The van der Waals surface area contributed by atoms with Gasteiger partial charge in [0.2, 0.25) is 0 Å². The van der Waals surface area contributed by atoms with Gasteiger partial charge in [0.1, 0.15) is 0 Å². The number of aliphatic hydroxyl groups is 1. The van der Waals surface area contributed by atoms with Gasteiger partial charge in [-0.2, -0.15) is 0 Å². The number of esters is 1. The van der Waals surface area contributed by atoms with Crippen LogP contribution in [0.3, 0.4) is 0 Å². The first-order valence-electron chi connectivity index (χ1n) is 9.71.